The van der Waals surface area contributed by atoms with E-state index < -0.39 is 12.0 Å². The molecule has 0 saturated carbocycles. The van der Waals surface area contributed by atoms with Crippen molar-refractivity contribution in [2.45, 2.75) is 32.3 Å². The maximum atomic E-state index is 12.9. The second-order valence-electron chi connectivity index (χ2n) is 8.56. The fourth-order valence-corrected chi connectivity index (χ4v) is 4.60. The number of benzene rings is 3. The summed E-state index contributed by atoms with van der Waals surface area (Å²) in [5.41, 5.74) is 3.73. The van der Waals surface area contributed by atoms with Crippen molar-refractivity contribution < 1.29 is 40.1 Å². The maximum Gasteiger partial charge on any atom is 0.387 e. The van der Waals surface area contributed by atoms with Crippen LogP contribution in [-0.2, 0) is 28.6 Å². The van der Waals surface area contributed by atoms with Crippen LogP contribution >= 0.6 is 0 Å². The molecule has 0 saturated heterocycles. The molecule has 0 spiro atoms. The number of ether oxygens (including phenoxy) is 2. The van der Waals surface area contributed by atoms with Crippen LogP contribution in [0.2, 0.25) is 0 Å². The Morgan fingerprint density at radius 2 is 1.74 bits per heavy atom. The van der Waals surface area contributed by atoms with Crippen LogP contribution in [0, 0.1) is 10.8 Å². The first-order valence-electron chi connectivity index (χ1n) is 11.8. The van der Waals surface area contributed by atoms with Gasteiger partial charge in [-0.25, -0.2) is 0 Å². The van der Waals surface area contributed by atoms with Gasteiger partial charge < -0.3 is 24.9 Å². The van der Waals surface area contributed by atoms with E-state index >= 15 is 0 Å². The number of allylic oxidation sites excluding steroid dienone is 2. The number of nitrogens with zero attached hydrogens (tertiary/aromatic N) is 1. The van der Waals surface area contributed by atoms with E-state index in [1.165, 1.54) is 6.21 Å². The van der Waals surface area contributed by atoms with Crippen molar-refractivity contribution >= 4 is 17.8 Å². The maximum absolute atomic E-state index is 12.9. The number of likely N-dealkylation sites (N-methyl/N-ethyl adjacent to an activating group) is 1. The second kappa shape index (κ2) is 13.7. The first-order chi connectivity index (χ1) is 17.7. The molecule has 0 amide bonds. The summed E-state index contributed by atoms with van der Waals surface area (Å²) in [6.45, 7) is 1.96. The number of halogens is 2. The van der Waals surface area contributed by atoms with E-state index in [0.29, 0.717) is 17.5 Å². The van der Waals surface area contributed by atoms with Gasteiger partial charge in [0.05, 0.1) is 7.11 Å². The number of hydrogen-bond donors (Lipinski definition) is 3. The first-order valence-corrected chi connectivity index (χ1v) is 11.8. The molecule has 3 aromatic rings. The van der Waals surface area contributed by atoms with Crippen LogP contribution in [0.4, 0.5) is 14.5 Å². The van der Waals surface area contributed by atoms with Crippen LogP contribution in [0.5, 0.6) is 11.5 Å². The van der Waals surface area contributed by atoms with Crippen LogP contribution < -0.4 is 14.4 Å². The summed E-state index contributed by atoms with van der Waals surface area (Å²) in [4.78, 5) is 2.15. The third-order valence-corrected chi connectivity index (χ3v) is 6.28. The summed E-state index contributed by atoms with van der Waals surface area (Å²) in [5.74, 6) is 0.525. The van der Waals surface area contributed by atoms with Gasteiger partial charge in [-0.1, -0.05) is 36.4 Å². The third-order valence-electron chi connectivity index (χ3n) is 6.28. The predicted molar refractivity (Wildman–Crippen MR) is 143 cm³/mol. The number of hydrogen-bond acceptors (Lipinski definition) is 5. The average Bonchev–Trinajstić information content (AvgIpc) is 3.12. The number of fused-ring (bicyclic) bond motifs is 1. The van der Waals surface area contributed by atoms with E-state index in [2.05, 4.69) is 11.8 Å². The largest absolute Gasteiger partial charge is 0.497 e. The minimum atomic E-state index is -2.88. The number of nitrogens with one attached hydrogen (secondary N) is 2. The number of aliphatic hydroxyl groups excluding tert-OH is 1. The standard InChI is InChI=1S/C22H24F2N2O2.C7H7NO.Co/c1-4-26-18-10-9-16(27-3)13-17(18)22(2,20(26)11-12-25)14-15-7-5-6-8-19(15)28-21(23)24;8-7(9)6-4-2-1-3-5-6;/h5-13,21,25H,4,14H2,1-3H3;1-5H,(H2,8,9);/b20-11-,25-12?;;. The van der Waals surface area contributed by atoms with Gasteiger partial charge in [-0.2, -0.15) is 8.78 Å². The fraction of sp³-hybridized carbons (Fsp3) is 0.241. The molecule has 0 bridgehead atoms. The molecule has 1 aliphatic rings. The van der Waals surface area contributed by atoms with E-state index in [9.17, 15) is 8.78 Å². The third kappa shape index (κ3) is 6.79. The number of methoxy groups -OCH3 is 1. The van der Waals surface area contributed by atoms with Gasteiger partial charge in [-0.15, -0.1) is 0 Å². The number of alkyl halides is 2. The monoisotopic (exact) mass is 566 g/mol. The first kappa shape index (κ1) is 30.5. The normalized spacial score (nSPS) is 16.7. The Bertz CT molecular complexity index is 1270. The molecule has 4 rings (SSSR count). The van der Waals surface area contributed by atoms with E-state index in [4.69, 9.17) is 25.4 Å². The molecular weight excluding hydrogens is 535 g/mol. The molecule has 9 heteroatoms. The van der Waals surface area contributed by atoms with E-state index in [0.717, 1.165) is 29.2 Å². The van der Waals surface area contributed by atoms with Crippen molar-refractivity contribution in [3.8, 4) is 11.5 Å². The van der Waals surface area contributed by atoms with Gasteiger partial charge in [0.25, 0.3) is 0 Å². The van der Waals surface area contributed by atoms with E-state index in [-0.39, 0.29) is 28.4 Å². The molecule has 0 aromatic heterocycles. The summed E-state index contributed by atoms with van der Waals surface area (Å²) in [6, 6.07) is 21.5. The van der Waals surface area contributed by atoms with Crippen LogP contribution in [-0.4, -0.2) is 37.5 Å². The zero-order chi connectivity index (χ0) is 27.0. The number of para-hydroxylation sites is 1. The molecular formula is C29H31CoF2N3O3. The van der Waals surface area contributed by atoms with Crippen LogP contribution in [0.15, 0.2) is 84.6 Å². The number of rotatable bonds is 8. The number of anilines is 1. The van der Waals surface area contributed by atoms with Crippen molar-refractivity contribution in [3.05, 3.63) is 101 Å². The summed E-state index contributed by atoms with van der Waals surface area (Å²) in [6.07, 6.45) is 3.49. The number of aliphatic hydroxyl groups is 1. The molecule has 38 heavy (non-hydrogen) atoms. The van der Waals surface area contributed by atoms with Gasteiger partial charge >= 0.3 is 6.61 Å². The van der Waals surface area contributed by atoms with Crippen LogP contribution in [0.3, 0.4) is 0 Å². The summed E-state index contributed by atoms with van der Waals surface area (Å²) in [7, 11) is 1.62. The van der Waals surface area contributed by atoms with Crippen molar-refractivity contribution in [2.24, 2.45) is 0 Å². The Morgan fingerprint density at radius 1 is 1.08 bits per heavy atom. The van der Waals surface area contributed by atoms with Gasteiger partial charge in [-0.05, 0) is 73.9 Å². The SMILES string of the molecule is CCN1/C(=C\C=N)C(C)(Cc2ccccc2OC(F)F)c2cc(OC)ccc21.N=C(O)c1ccccc1.[Co]. The summed E-state index contributed by atoms with van der Waals surface area (Å²) < 4.78 is 35.9. The van der Waals surface area contributed by atoms with Gasteiger partial charge in [0.15, 0.2) is 0 Å². The topological polar surface area (TPSA) is 89.6 Å². The Morgan fingerprint density at radius 3 is 2.29 bits per heavy atom. The van der Waals surface area contributed by atoms with Crippen molar-refractivity contribution in [1.82, 2.24) is 0 Å². The predicted octanol–water partition coefficient (Wildman–Crippen LogP) is 6.74. The molecule has 0 fully saturated rings. The molecule has 203 valence electrons. The second-order valence-corrected chi connectivity index (χ2v) is 8.56. The molecule has 1 unspecified atom stereocenters. The molecule has 1 radical (unpaired) electrons. The molecule has 6 nitrogen and oxygen atoms in total. The van der Waals surface area contributed by atoms with Gasteiger partial charge in [0, 0.05) is 51.9 Å². The quantitative estimate of drug-likeness (QED) is 0.208. The molecule has 3 N–H and O–H groups in total. The Balaban J connectivity index is 0.000000430. The van der Waals surface area contributed by atoms with Crippen LogP contribution in [0.1, 0.15) is 30.5 Å². The van der Waals surface area contributed by atoms with Crippen molar-refractivity contribution in [1.29, 1.82) is 10.8 Å². The average molecular weight is 567 g/mol. The minimum Gasteiger partial charge on any atom is -0.497 e. The molecule has 1 atom stereocenters. The smallest absolute Gasteiger partial charge is 0.387 e. The van der Waals surface area contributed by atoms with E-state index in [1.807, 2.05) is 37.3 Å². The zero-order valence-electron chi connectivity index (χ0n) is 21.4. The summed E-state index contributed by atoms with van der Waals surface area (Å²) >= 11 is 0. The zero-order valence-corrected chi connectivity index (χ0v) is 22.4. The van der Waals surface area contributed by atoms with Gasteiger partial charge in [0.1, 0.15) is 11.5 Å². The Hall–Kier alpha value is -3.69. The van der Waals surface area contributed by atoms with E-state index in [1.54, 1.807) is 55.7 Å². The Kier molecular flexibility index (Phi) is 11.0. The van der Waals surface area contributed by atoms with Crippen molar-refractivity contribution in [2.75, 3.05) is 18.6 Å². The van der Waals surface area contributed by atoms with Crippen LogP contribution in [0.25, 0.3) is 0 Å². The minimum absolute atomic E-state index is 0. The molecule has 0 aliphatic carbocycles. The fourth-order valence-electron chi connectivity index (χ4n) is 4.60. The molecule has 1 heterocycles. The molecule has 1 aliphatic heterocycles. The van der Waals surface area contributed by atoms with Gasteiger partial charge in [0.2, 0.25) is 5.90 Å². The van der Waals surface area contributed by atoms with Gasteiger partial charge in [-0.3, -0.25) is 5.41 Å². The van der Waals surface area contributed by atoms with Crippen molar-refractivity contribution in [3.63, 3.8) is 0 Å². The summed E-state index contributed by atoms with van der Waals surface area (Å²) in [5, 5.41) is 23.0. The molecule has 3 aromatic carbocycles. The Labute approximate surface area is 232 Å².